The van der Waals surface area contributed by atoms with Crippen molar-refractivity contribution in [2.24, 2.45) is 4.99 Å². The van der Waals surface area contributed by atoms with Crippen LogP contribution in [0.15, 0.2) is 59.6 Å². The summed E-state index contributed by atoms with van der Waals surface area (Å²) in [7, 11) is 5.21. The van der Waals surface area contributed by atoms with Crippen molar-refractivity contribution in [2.75, 3.05) is 60.7 Å². The minimum absolute atomic E-state index is 0.0450. The molecule has 1 heterocycles. The Morgan fingerprint density at radius 1 is 0.968 bits per heavy atom. The Bertz CT molecular complexity index is 792. The van der Waals surface area contributed by atoms with Crippen LogP contribution in [-0.4, -0.2) is 71.5 Å². The van der Waals surface area contributed by atoms with Gasteiger partial charge in [0.2, 0.25) is 0 Å². The molecule has 2 aromatic rings. The predicted molar refractivity (Wildman–Crippen MR) is 124 cm³/mol. The zero-order valence-electron chi connectivity index (χ0n) is 18.7. The SMILES string of the molecule is CN=C(NCC(OC)c1ccccc1)NCC(c1ccc(OC)cc1)N1CCOCC1. The fourth-order valence-electron chi connectivity index (χ4n) is 3.78. The van der Waals surface area contributed by atoms with Crippen molar-refractivity contribution in [1.82, 2.24) is 15.5 Å². The molecule has 2 aromatic carbocycles. The minimum Gasteiger partial charge on any atom is -0.497 e. The largest absolute Gasteiger partial charge is 0.497 e. The van der Waals surface area contributed by atoms with E-state index in [1.807, 2.05) is 30.3 Å². The zero-order valence-corrected chi connectivity index (χ0v) is 18.7. The second-order valence-corrected chi connectivity index (χ2v) is 7.41. The number of hydrogen-bond acceptors (Lipinski definition) is 5. The number of guanidine groups is 1. The standard InChI is InChI=1S/C24H34N4O3/c1-25-24(27-18-23(30-3)20-7-5-4-6-8-20)26-17-22(28-13-15-31-16-14-28)19-9-11-21(29-2)12-10-19/h4-12,22-23H,13-18H2,1-3H3,(H2,25,26,27). The van der Waals surface area contributed by atoms with Gasteiger partial charge in [0.1, 0.15) is 5.75 Å². The smallest absolute Gasteiger partial charge is 0.191 e. The van der Waals surface area contributed by atoms with Crippen molar-refractivity contribution in [3.05, 3.63) is 65.7 Å². The van der Waals surface area contributed by atoms with Gasteiger partial charge < -0.3 is 24.8 Å². The molecule has 31 heavy (non-hydrogen) atoms. The Balaban J connectivity index is 1.62. The van der Waals surface area contributed by atoms with E-state index < -0.39 is 0 Å². The van der Waals surface area contributed by atoms with Crippen LogP contribution in [0.4, 0.5) is 0 Å². The highest BCUT2D eigenvalue weighted by atomic mass is 16.5. The van der Waals surface area contributed by atoms with Crippen LogP contribution >= 0.6 is 0 Å². The Labute approximate surface area is 185 Å². The number of benzene rings is 2. The molecule has 3 rings (SSSR count). The van der Waals surface area contributed by atoms with Crippen LogP contribution in [-0.2, 0) is 9.47 Å². The van der Waals surface area contributed by atoms with Gasteiger partial charge in [-0.2, -0.15) is 0 Å². The van der Waals surface area contributed by atoms with E-state index >= 15 is 0 Å². The predicted octanol–water partition coefficient (Wildman–Crippen LogP) is 2.62. The van der Waals surface area contributed by atoms with Crippen molar-refractivity contribution in [2.45, 2.75) is 12.1 Å². The van der Waals surface area contributed by atoms with E-state index in [1.54, 1.807) is 21.3 Å². The summed E-state index contributed by atoms with van der Waals surface area (Å²) in [5, 5.41) is 6.89. The molecule has 0 aliphatic carbocycles. The molecule has 2 unspecified atom stereocenters. The lowest BCUT2D eigenvalue weighted by Crippen LogP contribution is -2.46. The number of hydrogen-bond donors (Lipinski definition) is 2. The van der Waals surface area contributed by atoms with Gasteiger partial charge in [-0.1, -0.05) is 42.5 Å². The summed E-state index contributed by atoms with van der Waals surface area (Å²) in [6, 6.07) is 18.7. The summed E-state index contributed by atoms with van der Waals surface area (Å²) in [6.45, 7) is 4.69. The Morgan fingerprint density at radius 3 is 2.26 bits per heavy atom. The lowest BCUT2D eigenvalue weighted by molar-refractivity contribution is 0.0169. The molecule has 1 aliphatic rings. The number of morpholine rings is 1. The number of rotatable bonds is 9. The van der Waals surface area contributed by atoms with E-state index in [0.29, 0.717) is 6.54 Å². The van der Waals surface area contributed by atoms with Gasteiger partial charge in [0, 0.05) is 40.3 Å². The maximum Gasteiger partial charge on any atom is 0.191 e. The summed E-state index contributed by atoms with van der Waals surface area (Å²) in [5.41, 5.74) is 2.38. The number of aliphatic imine (C=N–C) groups is 1. The number of ether oxygens (including phenoxy) is 3. The van der Waals surface area contributed by atoms with Crippen LogP contribution in [0.1, 0.15) is 23.3 Å². The molecule has 2 N–H and O–H groups in total. The average molecular weight is 427 g/mol. The molecule has 7 heteroatoms. The van der Waals surface area contributed by atoms with Gasteiger partial charge in [-0.05, 0) is 23.3 Å². The van der Waals surface area contributed by atoms with Gasteiger partial charge in [0.15, 0.2) is 5.96 Å². The second-order valence-electron chi connectivity index (χ2n) is 7.41. The molecule has 7 nitrogen and oxygen atoms in total. The summed E-state index contributed by atoms with van der Waals surface area (Å²) in [4.78, 5) is 6.85. The zero-order chi connectivity index (χ0) is 21.9. The third kappa shape index (κ3) is 6.69. The van der Waals surface area contributed by atoms with Gasteiger partial charge in [0.25, 0.3) is 0 Å². The lowest BCUT2D eigenvalue weighted by atomic mass is 10.0. The van der Waals surface area contributed by atoms with Crippen LogP contribution in [0, 0.1) is 0 Å². The topological polar surface area (TPSA) is 67.4 Å². The summed E-state index contributed by atoms with van der Waals surface area (Å²) >= 11 is 0. The van der Waals surface area contributed by atoms with E-state index in [2.05, 4.69) is 44.8 Å². The molecule has 168 valence electrons. The third-order valence-electron chi connectivity index (χ3n) is 5.58. The summed E-state index contributed by atoms with van der Waals surface area (Å²) < 4.78 is 16.5. The van der Waals surface area contributed by atoms with E-state index in [0.717, 1.165) is 50.1 Å². The Hall–Kier alpha value is -2.61. The molecule has 0 saturated carbocycles. The molecule has 1 saturated heterocycles. The normalized spacial score (nSPS) is 17.1. The van der Waals surface area contributed by atoms with Crippen LogP contribution < -0.4 is 15.4 Å². The fraction of sp³-hybridized carbons (Fsp3) is 0.458. The first-order valence-electron chi connectivity index (χ1n) is 10.7. The first-order chi connectivity index (χ1) is 15.2. The molecule has 0 bridgehead atoms. The molecular formula is C24H34N4O3. The quantitative estimate of drug-likeness (QED) is 0.475. The molecule has 0 aromatic heterocycles. The van der Waals surface area contributed by atoms with Gasteiger partial charge in [-0.25, -0.2) is 0 Å². The van der Waals surface area contributed by atoms with E-state index in [1.165, 1.54) is 5.56 Å². The van der Waals surface area contributed by atoms with E-state index in [-0.39, 0.29) is 12.1 Å². The van der Waals surface area contributed by atoms with Crippen LogP contribution in [0.25, 0.3) is 0 Å². The van der Waals surface area contributed by atoms with Crippen molar-refractivity contribution in [1.29, 1.82) is 0 Å². The van der Waals surface area contributed by atoms with Crippen molar-refractivity contribution < 1.29 is 14.2 Å². The average Bonchev–Trinajstić information content (AvgIpc) is 2.85. The van der Waals surface area contributed by atoms with Crippen LogP contribution in [0.3, 0.4) is 0 Å². The van der Waals surface area contributed by atoms with Gasteiger partial charge in [-0.15, -0.1) is 0 Å². The van der Waals surface area contributed by atoms with Crippen molar-refractivity contribution >= 4 is 5.96 Å². The van der Waals surface area contributed by atoms with Gasteiger partial charge in [0.05, 0.1) is 32.5 Å². The minimum atomic E-state index is -0.0450. The highest BCUT2D eigenvalue weighted by molar-refractivity contribution is 5.79. The Morgan fingerprint density at radius 2 is 1.65 bits per heavy atom. The van der Waals surface area contributed by atoms with Crippen LogP contribution in [0.2, 0.25) is 0 Å². The summed E-state index contributed by atoms with van der Waals surface area (Å²) in [6.07, 6.45) is -0.0450. The fourth-order valence-corrected chi connectivity index (χ4v) is 3.78. The number of nitrogens with one attached hydrogen (secondary N) is 2. The monoisotopic (exact) mass is 426 g/mol. The molecule has 0 amide bonds. The molecule has 0 spiro atoms. The van der Waals surface area contributed by atoms with Crippen molar-refractivity contribution in [3.63, 3.8) is 0 Å². The second kappa shape index (κ2) is 12.3. The van der Waals surface area contributed by atoms with E-state index in [9.17, 15) is 0 Å². The maximum atomic E-state index is 5.66. The summed E-state index contributed by atoms with van der Waals surface area (Å²) in [5.74, 6) is 1.62. The third-order valence-corrected chi connectivity index (χ3v) is 5.58. The highest BCUT2D eigenvalue weighted by Gasteiger charge is 2.23. The van der Waals surface area contributed by atoms with Crippen LogP contribution in [0.5, 0.6) is 5.75 Å². The maximum absolute atomic E-state index is 5.66. The molecule has 2 atom stereocenters. The highest BCUT2D eigenvalue weighted by Crippen LogP contribution is 2.23. The van der Waals surface area contributed by atoms with Gasteiger partial charge >= 0.3 is 0 Å². The first-order valence-corrected chi connectivity index (χ1v) is 10.7. The van der Waals surface area contributed by atoms with Crippen molar-refractivity contribution in [3.8, 4) is 5.75 Å². The molecule has 1 fully saturated rings. The van der Waals surface area contributed by atoms with Gasteiger partial charge in [-0.3, -0.25) is 9.89 Å². The number of methoxy groups -OCH3 is 2. The molecule has 0 radical (unpaired) electrons. The molecular weight excluding hydrogens is 392 g/mol. The lowest BCUT2D eigenvalue weighted by Gasteiger charge is -2.35. The van der Waals surface area contributed by atoms with E-state index in [4.69, 9.17) is 14.2 Å². The Kier molecular flexibility index (Phi) is 9.15. The molecule has 1 aliphatic heterocycles. The first kappa shape index (κ1) is 23.1. The number of nitrogens with zero attached hydrogens (tertiary/aromatic N) is 2.